The molecule has 0 aromatic heterocycles. The van der Waals surface area contributed by atoms with Gasteiger partial charge in [-0.2, -0.15) is 0 Å². The molecule has 60 valence electrons. The number of anilines is 1. The molecule has 4 heteroatoms. The number of hydrogen-bond donors (Lipinski definition) is 3. The number of nitrogens with one attached hydrogen (secondary N) is 1. The summed E-state index contributed by atoms with van der Waals surface area (Å²) in [6.07, 6.45) is -1.11. The maximum absolute atomic E-state index is 12.3. The molecule has 0 fully saturated rings. The molecular formula is C7H9FN2O. The van der Waals surface area contributed by atoms with E-state index >= 15 is 0 Å². The average Bonchev–Trinajstić information content (AvgIpc) is 1.93. The molecule has 0 aliphatic rings. The third kappa shape index (κ3) is 2.53. The van der Waals surface area contributed by atoms with Crippen LogP contribution in [0.15, 0.2) is 24.3 Å². The summed E-state index contributed by atoms with van der Waals surface area (Å²) in [4.78, 5) is 0. The molecule has 1 unspecified atom stereocenters. The van der Waals surface area contributed by atoms with E-state index in [-0.39, 0.29) is 5.82 Å². The minimum atomic E-state index is -1.11. The van der Waals surface area contributed by atoms with Crippen molar-refractivity contribution in [1.82, 2.24) is 0 Å². The van der Waals surface area contributed by atoms with Gasteiger partial charge < -0.3 is 10.4 Å². The first-order chi connectivity index (χ1) is 5.18. The highest BCUT2D eigenvalue weighted by molar-refractivity contribution is 5.42. The van der Waals surface area contributed by atoms with Gasteiger partial charge in [-0.3, -0.25) is 5.73 Å². The first kappa shape index (κ1) is 7.97. The summed E-state index contributed by atoms with van der Waals surface area (Å²) in [7, 11) is 0. The molecule has 0 spiro atoms. The van der Waals surface area contributed by atoms with Crippen LogP contribution >= 0.6 is 0 Å². The first-order valence-electron chi connectivity index (χ1n) is 3.14. The average molecular weight is 156 g/mol. The van der Waals surface area contributed by atoms with Crippen LogP contribution in [0.5, 0.6) is 0 Å². The Labute approximate surface area is 63.6 Å². The molecule has 0 aliphatic carbocycles. The van der Waals surface area contributed by atoms with Crippen molar-refractivity contribution >= 4 is 5.69 Å². The highest BCUT2D eigenvalue weighted by Gasteiger charge is 1.95. The molecule has 0 radical (unpaired) electrons. The molecule has 0 saturated heterocycles. The minimum absolute atomic E-state index is 0.318. The van der Waals surface area contributed by atoms with Crippen molar-refractivity contribution in [1.29, 1.82) is 0 Å². The smallest absolute Gasteiger partial charge is 0.178 e. The normalized spacial score (nSPS) is 12.6. The van der Waals surface area contributed by atoms with E-state index < -0.39 is 6.35 Å². The summed E-state index contributed by atoms with van der Waals surface area (Å²) in [5.41, 5.74) is 5.60. The zero-order chi connectivity index (χ0) is 8.27. The molecule has 1 atom stereocenters. The van der Waals surface area contributed by atoms with Gasteiger partial charge in [-0.05, 0) is 24.3 Å². The Morgan fingerprint density at radius 2 is 1.91 bits per heavy atom. The Kier molecular flexibility index (Phi) is 2.40. The molecule has 0 aliphatic heterocycles. The fraction of sp³-hybridized carbons (Fsp3) is 0.143. The number of aliphatic hydroxyl groups is 1. The van der Waals surface area contributed by atoms with Crippen molar-refractivity contribution in [3.63, 3.8) is 0 Å². The van der Waals surface area contributed by atoms with Crippen molar-refractivity contribution < 1.29 is 9.50 Å². The van der Waals surface area contributed by atoms with E-state index in [9.17, 15) is 4.39 Å². The molecule has 0 bridgehead atoms. The van der Waals surface area contributed by atoms with Crippen LogP contribution in [0.4, 0.5) is 10.1 Å². The van der Waals surface area contributed by atoms with Gasteiger partial charge >= 0.3 is 0 Å². The van der Waals surface area contributed by atoms with Crippen LogP contribution in [-0.4, -0.2) is 11.5 Å². The van der Waals surface area contributed by atoms with Crippen LogP contribution in [0.25, 0.3) is 0 Å². The molecule has 1 aromatic carbocycles. The zero-order valence-corrected chi connectivity index (χ0v) is 5.79. The molecule has 3 nitrogen and oxygen atoms in total. The van der Waals surface area contributed by atoms with E-state index in [4.69, 9.17) is 10.8 Å². The molecule has 1 rings (SSSR count). The van der Waals surface area contributed by atoms with Crippen LogP contribution in [0.3, 0.4) is 0 Å². The van der Waals surface area contributed by atoms with Gasteiger partial charge in [-0.15, -0.1) is 0 Å². The quantitative estimate of drug-likeness (QED) is 0.545. The standard InChI is InChI=1S/C7H9FN2O/c8-5-1-3-6(4-2-5)10-7(9)11/h1-4,7,10-11H,9H2. The lowest BCUT2D eigenvalue weighted by atomic mass is 10.3. The van der Waals surface area contributed by atoms with Crippen molar-refractivity contribution in [2.45, 2.75) is 6.35 Å². The monoisotopic (exact) mass is 156 g/mol. The topological polar surface area (TPSA) is 58.3 Å². The first-order valence-corrected chi connectivity index (χ1v) is 3.14. The number of aliphatic hydroxyl groups excluding tert-OH is 1. The Morgan fingerprint density at radius 3 is 2.36 bits per heavy atom. The molecule has 4 N–H and O–H groups in total. The van der Waals surface area contributed by atoms with Gasteiger partial charge in [0.25, 0.3) is 0 Å². The van der Waals surface area contributed by atoms with Gasteiger partial charge in [0.2, 0.25) is 0 Å². The van der Waals surface area contributed by atoms with E-state index in [1.165, 1.54) is 24.3 Å². The number of nitrogens with two attached hydrogens (primary N) is 1. The molecular weight excluding hydrogens is 147 g/mol. The molecule has 0 amide bonds. The SMILES string of the molecule is NC(O)Nc1ccc(F)cc1. The lowest BCUT2D eigenvalue weighted by Crippen LogP contribution is -2.28. The van der Waals surface area contributed by atoms with Gasteiger partial charge in [-0.25, -0.2) is 4.39 Å². The second-order valence-electron chi connectivity index (χ2n) is 2.10. The predicted molar refractivity (Wildman–Crippen MR) is 40.2 cm³/mol. The maximum Gasteiger partial charge on any atom is 0.178 e. The molecule has 0 saturated carbocycles. The Hall–Kier alpha value is -1.13. The Balaban J connectivity index is 2.66. The van der Waals surface area contributed by atoms with Crippen LogP contribution < -0.4 is 11.1 Å². The third-order valence-electron chi connectivity index (χ3n) is 1.16. The van der Waals surface area contributed by atoms with E-state index in [1.807, 2.05) is 0 Å². The third-order valence-corrected chi connectivity index (χ3v) is 1.16. The fourth-order valence-corrected chi connectivity index (χ4v) is 0.717. The van der Waals surface area contributed by atoms with Crippen LogP contribution in [0.2, 0.25) is 0 Å². The number of benzene rings is 1. The maximum atomic E-state index is 12.3. The summed E-state index contributed by atoms with van der Waals surface area (Å²) in [5.74, 6) is -0.318. The summed E-state index contributed by atoms with van der Waals surface area (Å²) in [5, 5.41) is 11.1. The van der Waals surface area contributed by atoms with Gasteiger partial charge in [0.05, 0.1) is 0 Å². The minimum Gasteiger partial charge on any atom is -0.361 e. The predicted octanol–water partition coefficient (Wildman–Crippen LogP) is 0.472. The summed E-state index contributed by atoms with van der Waals surface area (Å²) < 4.78 is 12.3. The second-order valence-corrected chi connectivity index (χ2v) is 2.10. The summed E-state index contributed by atoms with van der Waals surface area (Å²) in [6, 6.07) is 5.55. The highest BCUT2D eigenvalue weighted by atomic mass is 19.1. The lowest BCUT2D eigenvalue weighted by Gasteiger charge is -2.07. The van der Waals surface area contributed by atoms with Crippen molar-refractivity contribution in [3.05, 3.63) is 30.1 Å². The van der Waals surface area contributed by atoms with E-state index in [0.29, 0.717) is 5.69 Å². The molecule has 11 heavy (non-hydrogen) atoms. The van der Waals surface area contributed by atoms with Gasteiger partial charge in [0, 0.05) is 5.69 Å². The number of hydrogen-bond acceptors (Lipinski definition) is 3. The largest absolute Gasteiger partial charge is 0.361 e. The van der Waals surface area contributed by atoms with Crippen molar-refractivity contribution in [3.8, 4) is 0 Å². The zero-order valence-electron chi connectivity index (χ0n) is 5.79. The van der Waals surface area contributed by atoms with Crippen LogP contribution in [0, 0.1) is 5.82 Å². The molecule has 0 heterocycles. The number of halogens is 1. The fourth-order valence-electron chi connectivity index (χ4n) is 0.717. The van der Waals surface area contributed by atoms with Gasteiger partial charge in [0.15, 0.2) is 6.35 Å². The Morgan fingerprint density at radius 1 is 1.36 bits per heavy atom. The van der Waals surface area contributed by atoms with Gasteiger partial charge in [-0.1, -0.05) is 0 Å². The lowest BCUT2D eigenvalue weighted by molar-refractivity contribution is 0.212. The van der Waals surface area contributed by atoms with E-state index in [0.717, 1.165) is 0 Å². The van der Waals surface area contributed by atoms with E-state index in [2.05, 4.69) is 5.32 Å². The van der Waals surface area contributed by atoms with Crippen molar-refractivity contribution in [2.24, 2.45) is 5.73 Å². The summed E-state index contributed by atoms with van der Waals surface area (Å²) in [6.45, 7) is 0. The second kappa shape index (κ2) is 3.32. The van der Waals surface area contributed by atoms with Crippen LogP contribution in [-0.2, 0) is 0 Å². The van der Waals surface area contributed by atoms with Crippen LogP contribution in [0.1, 0.15) is 0 Å². The summed E-state index contributed by atoms with van der Waals surface area (Å²) >= 11 is 0. The van der Waals surface area contributed by atoms with Crippen molar-refractivity contribution in [2.75, 3.05) is 5.32 Å². The van der Waals surface area contributed by atoms with E-state index in [1.54, 1.807) is 0 Å². The molecule has 1 aromatic rings. The number of rotatable bonds is 2. The highest BCUT2D eigenvalue weighted by Crippen LogP contribution is 2.07. The Bertz CT molecular complexity index is 222. The van der Waals surface area contributed by atoms with Gasteiger partial charge in [0.1, 0.15) is 5.82 Å².